The maximum absolute atomic E-state index is 11.9. The van der Waals surface area contributed by atoms with Gasteiger partial charge < -0.3 is 16.2 Å². The lowest BCUT2D eigenvalue weighted by molar-refractivity contribution is -0.137. The van der Waals surface area contributed by atoms with Gasteiger partial charge in [0.15, 0.2) is 5.82 Å². The van der Waals surface area contributed by atoms with Gasteiger partial charge in [-0.3, -0.25) is 14.7 Å². The maximum Gasteiger partial charge on any atom is 0.305 e. The van der Waals surface area contributed by atoms with Crippen LogP contribution in [0.5, 0.6) is 0 Å². The average molecular weight is 289 g/mol. The number of halogens is 1. The molecular weight excluding hydrogens is 272 g/mol. The number of carboxylic acid groups (broad SMARTS) is 1. The number of carbonyl (C=O) groups is 2. The number of nitrogens with zero attached hydrogens (tertiary/aromatic N) is 1. The highest BCUT2D eigenvalue weighted by Gasteiger charge is 2.21. The number of amides is 1. The number of rotatable bonds is 6. The first-order valence-corrected chi connectivity index (χ1v) is 6.21. The number of nitrogen functional groups attached to an aromatic ring is 1. The average Bonchev–Trinajstić information content (AvgIpc) is 2.57. The Labute approximate surface area is 115 Å². The van der Waals surface area contributed by atoms with E-state index in [4.69, 9.17) is 22.4 Å². The minimum atomic E-state index is -0.971. The third-order valence-corrected chi connectivity index (χ3v) is 2.85. The van der Waals surface area contributed by atoms with Crippen molar-refractivity contribution in [3.05, 3.63) is 10.7 Å². The smallest absolute Gasteiger partial charge is 0.305 e. The van der Waals surface area contributed by atoms with E-state index in [0.717, 1.165) is 0 Å². The Morgan fingerprint density at radius 3 is 2.58 bits per heavy atom. The molecule has 1 heterocycles. The Hall–Kier alpha value is -1.76. The Morgan fingerprint density at radius 2 is 2.16 bits per heavy atom. The van der Waals surface area contributed by atoms with Crippen molar-refractivity contribution in [1.82, 2.24) is 15.5 Å². The number of carboxylic acids is 1. The number of aliphatic carboxylic acids is 1. The van der Waals surface area contributed by atoms with Crippen LogP contribution in [0.2, 0.25) is 5.02 Å². The summed E-state index contributed by atoms with van der Waals surface area (Å²) in [6.07, 6.45) is 0.407. The third kappa shape index (κ3) is 4.44. The molecule has 1 aromatic rings. The van der Waals surface area contributed by atoms with Crippen LogP contribution in [0.15, 0.2) is 0 Å². The number of carbonyl (C=O) groups excluding carboxylic acids is 1. The zero-order valence-electron chi connectivity index (χ0n) is 10.7. The van der Waals surface area contributed by atoms with Crippen molar-refractivity contribution in [3.8, 4) is 0 Å². The highest BCUT2D eigenvalue weighted by Crippen LogP contribution is 2.20. The normalized spacial score (nSPS) is 12.4. The molecule has 106 valence electrons. The molecule has 5 N–H and O–H groups in total. The van der Waals surface area contributed by atoms with E-state index >= 15 is 0 Å². The summed E-state index contributed by atoms with van der Waals surface area (Å²) in [5, 5.41) is 17.5. The lowest BCUT2D eigenvalue weighted by Crippen LogP contribution is -2.37. The monoisotopic (exact) mass is 288 g/mol. The van der Waals surface area contributed by atoms with Gasteiger partial charge in [-0.05, 0) is 12.3 Å². The van der Waals surface area contributed by atoms with Gasteiger partial charge in [0.25, 0.3) is 5.91 Å². The summed E-state index contributed by atoms with van der Waals surface area (Å²) >= 11 is 5.80. The lowest BCUT2D eigenvalue weighted by atomic mass is 10.0. The van der Waals surface area contributed by atoms with Crippen LogP contribution in [0.3, 0.4) is 0 Å². The second kappa shape index (κ2) is 6.42. The van der Waals surface area contributed by atoms with Crippen LogP contribution < -0.4 is 11.1 Å². The summed E-state index contributed by atoms with van der Waals surface area (Å²) in [7, 11) is 0. The first-order chi connectivity index (χ1) is 8.81. The molecule has 0 unspecified atom stereocenters. The Bertz CT molecular complexity index is 473. The topological polar surface area (TPSA) is 121 Å². The largest absolute Gasteiger partial charge is 0.481 e. The number of aromatic amines is 1. The molecule has 7 nitrogen and oxygen atoms in total. The molecule has 0 radical (unpaired) electrons. The van der Waals surface area contributed by atoms with Crippen LogP contribution >= 0.6 is 11.6 Å². The summed E-state index contributed by atoms with van der Waals surface area (Å²) in [4.78, 5) is 22.7. The van der Waals surface area contributed by atoms with Crippen LogP contribution in [0.25, 0.3) is 0 Å². The minimum Gasteiger partial charge on any atom is -0.481 e. The van der Waals surface area contributed by atoms with Gasteiger partial charge in [0, 0.05) is 6.04 Å². The van der Waals surface area contributed by atoms with E-state index in [9.17, 15) is 9.59 Å². The molecule has 0 saturated carbocycles. The van der Waals surface area contributed by atoms with E-state index in [0.29, 0.717) is 6.42 Å². The molecule has 8 heteroatoms. The molecular formula is C11H17ClN4O3. The van der Waals surface area contributed by atoms with E-state index in [-0.39, 0.29) is 28.9 Å². The zero-order chi connectivity index (χ0) is 14.6. The number of aromatic nitrogens is 2. The van der Waals surface area contributed by atoms with Gasteiger partial charge in [0.05, 0.1) is 6.42 Å². The molecule has 0 aliphatic carbocycles. The van der Waals surface area contributed by atoms with Crippen LogP contribution in [-0.2, 0) is 4.79 Å². The number of nitrogens with two attached hydrogens (primary N) is 1. The first-order valence-electron chi connectivity index (χ1n) is 5.83. The third-order valence-electron chi connectivity index (χ3n) is 2.47. The van der Waals surface area contributed by atoms with Gasteiger partial charge in [0.1, 0.15) is 10.7 Å². The SMILES string of the molecule is CC(C)C[C@@H](CC(=O)O)NC(=O)c1[nH]nc(N)c1Cl. The highest BCUT2D eigenvalue weighted by molar-refractivity contribution is 6.35. The highest BCUT2D eigenvalue weighted by atomic mass is 35.5. The van der Waals surface area contributed by atoms with Crippen molar-refractivity contribution in [3.63, 3.8) is 0 Å². The molecule has 0 aliphatic heterocycles. The second-order valence-corrected chi connectivity index (χ2v) is 5.07. The first kappa shape index (κ1) is 15.3. The number of hydrogen-bond donors (Lipinski definition) is 4. The Morgan fingerprint density at radius 1 is 1.53 bits per heavy atom. The van der Waals surface area contributed by atoms with Crippen LogP contribution in [0, 0.1) is 5.92 Å². The summed E-state index contributed by atoms with van der Waals surface area (Å²) in [5.41, 5.74) is 5.46. The van der Waals surface area contributed by atoms with Crippen molar-refractivity contribution in [1.29, 1.82) is 0 Å². The maximum atomic E-state index is 11.9. The predicted octanol–water partition coefficient (Wildman–Crippen LogP) is 1.26. The molecule has 1 aromatic heterocycles. The van der Waals surface area contributed by atoms with Gasteiger partial charge in [-0.25, -0.2) is 0 Å². The van der Waals surface area contributed by atoms with Crippen molar-refractivity contribution in [2.24, 2.45) is 5.92 Å². The van der Waals surface area contributed by atoms with E-state index in [2.05, 4.69) is 15.5 Å². The Kier molecular flexibility index (Phi) is 5.17. The number of H-pyrrole nitrogens is 1. The summed E-state index contributed by atoms with van der Waals surface area (Å²) < 4.78 is 0. The van der Waals surface area contributed by atoms with Gasteiger partial charge in [-0.15, -0.1) is 0 Å². The van der Waals surface area contributed by atoms with Crippen molar-refractivity contribution >= 4 is 29.3 Å². The molecule has 0 bridgehead atoms. The van der Waals surface area contributed by atoms with Crippen molar-refractivity contribution in [2.75, 3.05) is 5.73 Å². The second-order valence-electron chi connectivity index (χ2n) is 4.70. The molecule has 0 saturated heterocycles. The van der Waals surface area contributed by atoms with Gasteiger partial charge in [-0.2, -0.15) is 5.10 Å². The van der Waals surface area contributed by atoms with E-state index < -0.39 is 17.9 Å². The summed E-state index contributed by atoms with van der Waals surface area (Å²) in [6.45, 7) is 3.89. The van der Waals surface area contributed by atoms with Gasteiger partial charge in [-0.1, -0.05) is 25.4 Å². The molecule has 0 aromatic carbocycles. The van der Waals surface area contributed by atoms with Crippen molar-refractivity contribution < 1.29 is 14.7 Å². The standard InChI is InChI=1S/C11H17ClN4O3/c1-5(2)3-6(4-7(17)18)14-11(19)9-8(12)10(13)16-15-9/h5-6H,3-4H2,1-2H3,(H,14,19)(H,17,18)(H3,13,15,16)/t6-/m0/s1. The fraction of sp³-hybridized carbons (Fsp3) is 0.545. The molecule has 19 heavy (non-hydrogen) atoms. The van der Waals surface area contributed by atoms with Crippen molar-refractivity contribution in [2.45, 2.75) is 32.7 Å². The quantitative estimate of drug-likeness (QED) is 0.628. The fourth-order valence-corrected chi connectivity index (χ4v) is 1.89. The molecule has 1 rings (SSSR count). The van der Waals surface area contributed by atoms with Gasteiger partial charge in [0.2, 0.25) is 0 Å². The van der Waals surface area contributed by atoms with E-state index in [1.165, 1.54) is 0 Å². The van der Waals surface area contributed by atoms with Gasteiger partial charge >= 0.3 is 5.97 Å². The molecule has 1 atom stereocenters. The minimum absolute atomic E-state index is 0.0328. The fourth-order valence-electron chi connectivity index (χ4n) is 1.72. The summed E-state index contributed by atoms with van der Waals surface area (Å²) in [5.74, 6) is -1.19. The molecule has 0 aliphatic rings. The summed E-state index contributed by atoms with van der Waals surface area (Å²) in [6, 6.07) is -0.467. The van der Waals surface area contributed by atoms with E-state index in [1.807, 2.05) is 13.8 Å². The van der Waals surface area contributed by atoms with Crippen LogP contribution in [-0.4, -0.2) is 33.2 Å². The zero-order valence-corrected chi connectivity index (χ0v) is 11.5. The van der Waals surface area contributed by atoms with Crippen LogP contribution in [0.1, 0.15) is 37.2 Å². The van der Waals surface area contributed by atoms with E-state index in [1.54, 1.807) is 0 Å². The number of anilines is 1. The molecule has 0 fully saturated rings. The lowest BCUT2D eigenvalue weighted by Gasteiger charge is -2.18. The molecule has 1 amide bonds. The number of nitrogens with one attached hydrogen (secondary N) is 2. The number of hydrogen-bond acceptors (Lipinski definition) is 4. The predicted molar refractivity (Wildman–Crippen MR) is 71.0 cm³/mol. The molecule has 0 spiro atoms. The Balaban J connectivity index is 2.75. The van der Waals surface area contributed by atoms with Crippen LogP contribution in [0.4, 0.5) is 5.82 Å².